The quantitative estimate of drug-likeness (QED) is 0.661. The number of hydrogen-bond donors (Lipinski definition) is 2. The maximum atomic E-state index is 13.0. The lowest BCUT2D eigenvalue weighted by molar-refractivity contribution is 0.102. The molecule has 0 unspecified atom stereocenters. The molecule has 0 bridgehead atoms. The van der Waals surface area contributed by atoms with Crippen LogP contribution in [-0.2, 0) is 13.1 Å². The Balaban J connectivity index is 1.97. The van der Waals surface area contributed by atoms with E-state index >= 15 is 0 Å². The number of carbonyl (C=O) groups is 1. The van der Waals surface area contributed by atoms with E-state index in [-0.39, 0.29) is 23.1 Å². The van der Waals surface area contributed by atoms with E-state index in [4.69, 9.17) is 0 Å². The first kappa shape index (κ1) is 19.8. The number of rotatable bonds is 7. The van der Waals surface area contributed by atoms with Crippen LogP contribution in [0, 0.1) is 5.92 Å². The first-order chi connectivity index (χ1) is 13.5. The zero-order chi connectivity index (χ0) is 20.1. The highest BCUT2D eigenvalue weighted by atomic mass is 16.2. The smallest absolute Gasteiger partial charge is 0.276 e. The minimum absolute atomic E-state index is 0.173. The maximum Gasteiger partial charge on any atom is 0.276 e. The van der Waals surface area contributed by atoms with Gasteiger partial charge in [0.2, 0.25) is 0 Å². The monoisotopic (exact) mass is 378 g/mol. The van der Waals surface area contributed by atoms with Crippen LogP contribution in [0.4, 0.5) is 5.69 Å². The van der Waals surface area contributed by atoms with Crippen LogP contribution in [-0.4, -0.2) is 22.2 Å². The molecule has 1 heterocycles. The van der Waals surface area contributed by atoms with Gasteiger partial charge in [-0.1, -0.05) is 51.1 Å². The molecule has 1 aromatic heterocycles. The molecule has 2 N–H and O–H groups in total. The predicted octanol–water partition coefficient (Wildman–Crippen LogP) is 3.41. The van der Waals surface area contributed by atoms with Crippen LogP contribution < -0.4 is 16.2 Å². The van der Waals surface area contributed by atoms with E-state index < -0.39 is 0 Å². The average Bonchev–Trinajstić information content (AvgIpc) is 2.68. The molecule has 0 fully saturated rings. The van der Waals surface area contributed by atoms with Crippen molar-refractivity contribution in [3.63, 3.8) is 0 Å². The normalized spacial score (nSPS) is 11.1. The molecule has 0 saturated carbocycles. The van der Waals surface area contributed by atoms with Gasteiger partial charge in [0.1, 0.15) is 0 Å². The average molecular weight is 378 g/mol. The summed E-state index contributed by atoms with van der Waals surface area (Å²) in [6.45, 7) is 8.15. The van der Waals surface area contributed by atoms with Crippen molar-refractivity contribution in [2.24, 2.45) is 5.92 Å². The van der Waals surface area contributed by atoms with Gasteiger partial charge in [-0.3, -0.25) is 9.59 Å². The van der Waals surface area contributed by atoms with E-state index in [0.717, 1.165) is 18.7 Å². The summed E-state index contributed by atoms with van der Waals surface area (Å²) in [5.41, 5.74) is 1.87. The Bertz CT molecular complexity index is 1040. The molecule has 0 spiro atoms. The fraction of sp³-hybridized carbons (Fsp3) is 0.318. The van der Waals surface area contributed by atoms with Crippen molar-refractivity contribution in [1.29, 1.82) is 0 Å². The number of nitrogens with one attached hydrogen (secondary N) is 2. The minimum Gasteiger partial charge on any atom is -0.321 e. The molecular weight excluding hydrogens is 352 g/mol. The third-order valence-electron chi connectivity index (χ3n) is 4.38. The Morgan fingerprint density at radius 1 is 1.11 bits per heavy atom. The molecule has 0 saturated heterocycles. The van der Waals surface area contributed by atoms with Gasteiger partial charge in [-0.2, -0.15) is 5.10 Å². The third-order valence-corrected chi connectivity index (χ3v) is 4.38. The molecule has 3 rings (SSSR count). The highest BCUT2D eigenvalue weighted by Crippen LogP contribution is 2.17. The van der Waals surface area contributed by atoms with Crippen LogP contribution in [0.5, 0.6) is 0 Å². The minimum atomic E-state index is -0.325. The van der Waals surface area contributed by atoms with E-state index in [9.17, 15) is 9.59 Å². The largest absolute Gasteiger partial charge is 0.321 e. The van der Waals surface area contributed by atoms with Gasteiger partial charge in [0.25, 0.3) is 11.5 Å². The van der Waals surface area contributed by atoms with Crippen LogP contribution in [0.2, 0.25) is 0 Å². The molecule has 28 heavy (non-hydrogen) atoms. The molecule has 6 nitrogen and oxygen atoms in total. The van der Waals surface area contributed by atoms with Crippen LogP contribution in [0.3, 0.4) is 0 Å². The van der Waals surface area contributed by atoms with E-state index in [1.54, 1.807) is 18.2 Å². The standard InChI is InChI=1S/C22H26N4O2/c1-4-23-13-16-8-7-9-17(12-16)24-21(27)20-18-10-5-6-11-19(18)22(28)26(25-20)14-15(2)3/h5-12,15,23H,4,13-14H2,1-3H3,(H,24,27). The zero-order valence-electron chi connectivity index (χ0n) is 16.5. The zero-order valence-corrected chi connectivity index (χ0v) is 16.5. The van der Waals surface area contributed by atoms with Crippen molar-refractivity contribution in [2.45, 2.75) is 33.9 Å². The van der Waals surface area contributed by atoms with Crippen LogP contribution in [0.15, 0.2) is 53.3 Å². The summed E-state index contributed by atoms with van der Waals surface area (Å²) in [7, 11) is 0. The molecule has 1 amide bonds. The molecule has 3 aromatic rings. The Hall–Kier alpha value is -2.99. The Morgan fingerprint density at radius 2 is 1.86 bits per heavy atom. The second-order valence-corrected chi connectivity index (χ2v) is 7.21. The summed E-state index contributed by atoms with van der Waals surface area (Å²) < 4.78 is 1.39. The fourth-order valence-electron chi connectivity index (χ4n) is 3.09. The molecule has 0 aliphatic carbocycles. The number of anilines is 1. The summed E-state index contributed by atoms with van der Waals surface area (Å²) in [4.78, 5) is 25.7. The molecule has 0 aliphatic heterocycles. The third kappa shape index (κ3) is 4.46. The summed E-state index contributed by atoms with van der Waals surface area (Å²) >= 11 is 0. The first-order valence-corrected chi connectivity index (χ1v) is 9.60. The van der Waals surface area contributed by atoms with E-state index in [2.05, 4.69) is 22.7 Å². The topological polar surface area (TPSA) is 76.0 Å². The van der Waals surface area contributed by atoms with Crippen LogP contribution in [0.1, 0.15) is 36.8 Å². The summed E-state index contributed by atoms with van der Waals surface area (Å²) in [6.07, 6.45) is 0. The van der Waals surface area contributed by atoms with Gasteiger partial charge >= 0.3 is 0 Å². The number of benzene rings is 2. The number of carbonyl (C=O) groups excluding carboxylic acids is 1. The Labute approximate surface area is 164 Å². The van der Waals surface area contributed by atoms with E-state index in [1.807, 2.05) is 44.2 Å². The van der Waals surface area contributed by atoms with Crippen molar-refractivity contribution in [1.82, 2.24) is 15.1 Å². The highest BCUT2D eigenvalue weighted by molar-refractivity contribution is 6.11. The van der Waals surface area contributed by atoms with Crippen molar-refractivity contribution in [3.8, 4) is 0 Å². The summed E-state index contributed by atoms with van der Waals surface area (Å²) in [5.74, 6) is -0.0840. The van der Waals surface area contributed by atoms with Gasteiger partial charge in [-0.25, -0.2) is 4.68 Å². The van der Waals surface area contributed by atoms with E-state index in [1.165, 1.54) is 4.68 Å². The lowest BCUT2D eigenvalue weighted by Crippen LogP contribution is -2.29. The molecule has 6 heteroatoms. The van der Waals surface area contributed by atoms with Gasteiger partial charge in [-0.05, 0) is 36.2 Å². The number of hydrogen-bond acceptors (Lipinski definition) is 4. The van der Waals surface area contributed by atoms with Crippen LogP contribution >= 0.6 is 0 Å². The fourth-order valence-corrected chi connectivity index (χ4v) is 3.09. The van der Waals surface area contributed by atoms with E-state index in [0.29, 0.717) is 23.0 Å². The number of fused-ring (bicyclic) bond motifs is 1. The van der Waals surface area contributed by atoms with Gasteiger partial charge in [0, 0.05) is 24.2 Å². The number of nitrogens with zero attached hydrogens (tertiary/aromatic N) is 2. The van der Waals surface area contributed by atoms with Gasteiger partial charge < -0.3 is 10.6 Å². The molecule has 0 aliphatic rings. The highest BCUT2D eigenvalue weighted by Gasteiger charge is 2.17. The molecule has 2 aromatic carbocycles. The second-order valence-electron chi connectivity index (χ2n) is 7.21. The lowest BCUT2D eigenvalue weighted by Gasteiger charge is -2.13. The molecule has 0 radical (unpaired) electrons. The molecular formula is C22H26N4O2. The summed E-state index contributed by atoms with van der Waals surface area (Å²) in [6, 6.07) is 14.8. The van der Waals surface area contributed by atoms with Gasteiger partial charge in [-0.15, -0.1) is 0 Å². The van der Waals surface area contributed by atoms with Gasteiger partial charge in [0.15, 0.2) is 5.69 Å². The second kappa shape index (κ2) is 8.80. The van der Waals surface area contributed by atoms with Crippen molar-refractivity contribution >= 4 is 22.4 Å². The lowest BCUT2D eigenvalue weighted by atomic mass is 10.1. The molecule has 0 atom stereocenters. The number of aromatic nitrogens is 2. The number of amides is 1. The maximum absolute atomic E-state index is 13.0. The SMILES string of the molecule is CCNCc1cccc(NC(=O)c2nn(CC(C)C)c(=O)c3ccccc23)c1. The van der Waals surface area contributed by atoms with Crippen LogP contribution in [0.25, 0.3) is 10.8 Å². The Kier molecular flexibility index (Phi) is 6.21. The Morgan fingerprint density at radius 3 is 2.57 bits per heavy atom. The van der Waals surface area contributed by atoms with Crippen molar-refractivity contribution < 1.29 is 4.79 Å². The first-order valence-electron chi connectivity index (χ1n) is 9.60. The summed E-state index contributed by atoms with van der Waals surface area (Å²) in [5, 5.41) is 11.6. The van der Waals surface area contributed by atoms with Gasteiger partial charge in [0.05, 0.1) is 5.39 Å². The van der Waals surface area contributed by atoms with Crippen molar-refractivity contribution in [2.75, 3.05) is 11.9 Å². The molecule has 146 valence electrons. The predicted molar refractivity (Wildman–Crippen MR) is 113 cm³/mol. The van der Waals surface area contributed by atoms with Crippen molar-refractivity contribution in [3.05, 3.63) is 70.1 Å².